The minimum atomic E-state index is -0.246. The molecule has 0 aromatic heterocycles. The number of hydrogen-bond acceptors (Lipinski definition) is 2. The number of carbonyl (C=O) groups excluding carboxylic acids is 1. The molecule has 5 heteroatoms. The highest BCUT2D eigenvalue weighted by Crippen LogP contribution is 2.25. The smallest absolute Gasteiger partial charge is 0.319 e. The molecule has 122 valence electrons. The summed E-state index contributed by atoms with van der Waals surface area (Å²) in [6.45, 7) is 5.12. The molecule has 0 heterocycles. The molecule has 2 rings (SSSR count). The van der Waals surface area contributed by atoms with Gasteiger partial charge in [-0.25, -0.2) is 4.79 Å². The third kappa shape index (κ3) is 5.60. The summed E-state index contributed by atoms with van der Waals surface area (Å²) >= 11 is 3.37. The number of urea groups is 1. The first-order chi connectivity index (χ1) is 11.1. The predicted molar refractivity (Wildman–Crippen MR) is 97.2 cm³/mol. The Morgan fingerprint density at radius 2 is 1.96 bits per heavy atom. The molecule has 0 aliphatic heterocycles. The number of benzene rings is 2. The summed E-state index contributed by atoms with van der Waals surface area (Å²) in [6.07, 6.45) is 0. The van der Waals surface area contributed by atoms with Gasteiger partial charge < -0.3 is 15.4 Å². The number of anilines is 1. The van der Waals surface area contributed by atoms with Crippen molar-refractivity contribution in [1.29, 1.82) is 0 Å². The van der Waals surface area contributed by atoms with Crippen LogP contribution >= 0.6 is 15.9 Å². The van der Waals surface area contributed by atoms with Gasteiger partial charge in [-0.05, 0) is 35.7 Å². The van der Waals surface area contributed by atoms with E-state index in [4.69, 9.17) is 4.74 Å². The van der Waals surface area contributed by atoms with E-state index in [-0.39, 0.29) is 6.03 Å². The zero-order valence-corrected chi connectivity index (χ0v) is 14.9. The van der Waals surface area contributed by atoms with Crippen LogP contribution in [-0.4, -0.2) is 19.2 Å². The Morgan fingerprint density at radius 3 is 2.70 bits per heavy atom. The van der Waals surface area contributed by atoms with Crippen molar-refractivity contribution in [2.75, 3.05) is 18.5 Å². The van der Waals surface area contributed by atoms with E-state index in [2.05, 4.69) is 46.5 Å². The average molecular weight is 377 g/mol. The number of ether oxygens (including phenoxy) is 1. The molecule has 0 radical (unpaired) electrons. The normalized spacial score (nSPS) is 10.4. The van der Waals surface area contributed by atoms with Crippen LogP contribution in [-0.2, 0) is 0 Å². The Bertz CT molecular complexity index is 659. The largest absolute Gasteiger partial charge is 0.491 e. The molecular formula is C18H21BrN2O2. The predicted octanol–water partition coefficient (Wildman–Crippen LogP) is 4.77. The van der Waals surface area contributed by atoms with Gasteiger partial charge in [-0.2, -0.15) is 0 Å². The number of nitrogens with one attached hydrogen (secondary N) is 2. The number of halogens is 1. The van der Waals surface area contributed by atoms with Gasteiger partial charge in [0.2, 0.25) is 0 Å². The zero-order chi connectivity index (χ0) is 16.7. The number of para-hydroxylation sites is 1. The van der Waals surface area contributed by atoms with Gasteiger partial charge >= 0.3 is 6.03 Å². The van der Waals surface area contributed by atoms with Crippen molar-refractivity contribution in [3.05, 3.63) is 58.6 Å². The van der Waals surface area contributed by atoms with Crippen molar-refractivity contribution in [2.45, 2.75) is 19.8 Å². The third-order valence-corrected chi connectivity index (χ3v) is 3.76. The summed E-state index contributed by atoms with van der Waals surface area (Å²) in [5.74, 6) is 1.27. The second-order valence-electron chi connectivity index (χ2n) is 5.43. The molecule has 2 amide bonds. The fourth-order valence-corrected chi connectivity index (χ4v) is 2.56. The molecule has 0 fully saturated rings. The topological polar surface area (TPSA) is 50.4 Å². The molecule has 0 saturated heterocycles. The van der Waals surface area contributed by atoms with Gasteiger partial charge in [-0.15, -0.1) is 0 Å². The number of hydrogen-bond donors (Lipinski definition) is 2. The van der Waals surface area contributed by atoms with Gasteiger partial charge in [0.05, 0.1) is 6.54 Å². The standard InChI is InChI=1S/C18H21BrN2O2/c1-13(2)16-8-3-4-9-17(16)23-11-10-20-18(22)21-15-7-5-6-14(19)12-15/h3-9,12-13H,10-11H2,1-2H3,(H2,20,21,22). The van der Waals surface area contributed by atoms with Crippen molar-refractivity contribution >= 4 is 27.6 Å². The van der Waals surface area contributed by atoms with Crippen molar-refractivity contribution in [3.8, 4) is 5.75 Å². The fourth-order valence-electron chi connectivity index (χ4n) is 2.16. The summed E-state index contributed by atoms with van der Waals surface area (Å²) in [4.78, 5) is 11.8. The first-order valence-corrected chi connectivity index (χ1v) is 8.37. The van der Waals surface area contributed by atoms with Gasteiger partial charge in [0.25, 0.3) is 0 Å². The highest BCUT2D eigenvalue weighted by atomic mass is 79.9. The van der Waals surface area contributed by atoms with Gasteiger partial charge in [-0.1, -0.05) is 54.0 Å². The lowest BCUT2D eigenvalue weighted by molar-refractivity contribution is 0.247. The van der Waals surface area contributed by atoms with Crippen molar-refractivity contribution in [2.24, 2.45) is 0 Å². The van der Waals surface area contributed by atoms with Crippen LogP contribution in [0.25, 0.3) is 0 Å². The van der Waals surface area contributed by atoms with E-state index in [0.717, 1.165) is 15.9 Å². The van der Waals surface area contributed by atoms with Crippen LogP contribution in [0.1, 0.15) is 25.3 Å². The van der Waals surface area contributed by atoms with Gasteiger partial charge in [-0.3, -0.25) is 0 Å². The van der Waals surface area contributed by atoms with E-state index < -0.39 is 0 Å². The Labute approximate surface area is 145 Å². The molecule has 0 unspecified atom stereocenters. The SMILES string of the molecule is CC(C)c1ccccc1OCCNC(=O)Nc1cccc(Br)c1. The highest BCUT2D eigenvalue weighted by Gasteiger charge is 2.07. The van der Waals surface area contributed by atoms with Crippen LogP contribution in [0.5, 0.6) is 5.75 Å². The molecule has 4 nitrogen and oxygen atoms in total. The molecule has 0 aliphatic rings. The summed E-state index contributed by atoms with van der Waals surface area (Å²) in [5, 5.41) is 5.55. The molecule has 23 heavy (non-hydrogen) atoms. The number of carbonyl (C=O) groups is 1. The molecule has 0 aliphatic carbocycles. The van der Waals surface area contributed by atoms with Crippen LogP contribution < -0.4 is 15.4 Å². The monoisotopic (exact) mass is 376 g/mol. The van der Waals surface area contributed by atoms with E-state index in [0.29, 0.717) is 19.1 Å². The molecule has 0 spiro atoms. The summed E-state index contributed by atoms with van der Waals surface area (Å²) in [7, 11) is 0. The molecule has 0 saturated carbocycles. The summed E-state index contributed by atoms with van der Waals surface area (Å²) < 4.78 is 6.69. The van der Waals surface area contributed by atoms with Crippen LogP contribution in [0.15, 0.2) is 53.0 Å². The van der Waals surface area contributed by atoms with Crippen LogP contribution in [0.2, 0.25) is 0 Å². The summed E-state index contributed by atoms with van der Waals surface area (Å²) in [6, 6.07) is 15.2. The average Bonchev–Trinajstić information content (AvgIpc) is 2.52. The Balaban J connectivity index is 1.76. The lowest BCUT2D eigenvalue weighted by atomic mass is 10.0. The molecule has 0 atom stereocenters. The zero-order valence-electron chi connectivity index (χ0n) is 13.3. The molecule has 0 bridgehead atoms. The highest BCUT2D eigenvalue weighted by molar-refractivity contribution is 9.10. The van der Waals surface area contributed by atoms with Crippen LogP contribution in [0.3, 0.4) is 0 Å². The van der Waals surface area contributed by atoms with Gasteiger partial charge in [0.15, 0.2) is 0 Å². The third-order valence-electron chi connectivity index (χ3n) is 3.27. The van der Waals surface area contributed by atoms with Crippen molar-refractivity contribution in [1.82, 2.24) is 5.32 Å². The first-order valence-electron chi connectivity index (χ1n) is 7.58. The van der Waals surface area contributed by atoms with Crippen molar-refractivity contribution < 1.29 is 9.53 Å². The maximum absolute atomic E-state index is 11.8. The Kier molecular flexibility index (Phi) is 6.47. The van der Waals surface area contributed by atoms with Crippen molar-refractivity contribution in [3.63, 3.8) is 0 Å². The van der Waals surface area contributed by atoms with Crippen LogP contribution in [0, 0.1) is 0 Å². The van der Waals surface area contributed by atoms with Crippen LogP contribution in [0.4, 0.5) is 10.5 Å². The minimum absolute atomic E-state index is 0.246. The molecule has 2 aromatic rings. The number of rotatable bonds is 6. The molecule has 2 aromatic carbocycles. The molecule has 2 N–H and O–H groups in total. The van der Waals surface area contributed by atoms with E-state index in [1.54, 1.807) is 0 Å². The second kappa shape index (κ2) is 8.58. The number of amides is 2. The van der Waals surface area contributed by atoms with Gasteiger partial charge in [0, 0.05) is 10.2 Å². The minimum Gasteiger partial charge on any atom is -0.491 e. The molecular weight excluding hydrogens is 356 g/mol. The van der Waals surface area contributed by atoms with E-state index in [1.807, 2.05) is 42.5 Å². The Morgan fingerprint density at radius 1 is 1.17 bits per heavy atom. The Hall–Kier alpha value is -2.01. The van der Waals surface area contributed by atoms with E-state index in [9.17, 15) is 4.79 Å². The maximum atomic E-state index is 11.8. The second-order valence-corrected chi connectivity index (χ2v) is 6.35. The summed E-state index contributed by atoms with van der Waals surface area (Å²) in [5.41, 5.74) is 1.91. The maximum Gasteiger partial charge on any atom is 0.319 e. The van der Waals surface area contributed by atoms with E-state index in [1.165, 1.54) is 5.56 Å². The fraction of sp³-hybridized carbons (Fsp3) is 0.278. The van der Waals surface area contributed by atoms with Gasteiger partial charge in [0.1, 0.15) is 12.4 Å². The van der Waals surface area contributed by atoms with E-state index >= 15 is 0 Å². The first kappa shape index (κ1) is 17.3. The quantitative estimate of drug-likeness (QED) is 0.713. The lowest BCUT2D eigenvalue weighted by Crippen LogP contribution is -2.32. The lowest BCUT2D eigenvalue weighted by Gasteiger charge is -2.14.